The van der Waals surface area contributed by atoms with Crippen LogP contribution in [0, 0.1) is 0 Å². The molecule has 0 saturated heterocycles. The molecule has 0 radical (unpaired) electrons. The van der Waals surface area contributed by atoms with Crippen molar-refractivity contribution in [3.63, 3.8) is 0 Å². The summed E-state index contributed by atoms with van der Waals surface area (Å²) in [5, 5.41) is 9.16. The largest absolute Gasteiger partial charge is 0.453 e. The van der Waals surface area contributed by atoms with E-state index in [0.29, 0.717) is 18.3 Å². The molecule has 0 fully saturated rings. The Bertz CT molecular complexity index is 477. The number of guanidine groups is 1. The second kappa shape index (κ2) is 11.1. The van der Waals surface area contributed by atoms with Gasteiger partial charge in [-0.3, -0.25) is 10.3 Å². The third-order valence-corrected chi connectivity index (χ3v) is 3.06. The van der Waals surface area contributed by atoms with Crippen LogP contribution in [0.4, 0.5) is 10.5 Å². The van der Waals surface area contributed by atoms with Gasteiger partial charge in [0.05, 0.1) is 7.11 Å². The molecule has 1 amide bonds. The molecule has 0 aliphatic carbocycles. The van der Waals surface area contributed by atoms with E-state index < -0.39 is 6.09 Å². The van der Waals surface area contributed by atoms with Crippen LogP contribution in [-0.4, -0.2) is 32.3 Å². The minimum absolute atomic E-state index is 0. The normalized spacial score (nSPS) is 11.9. The molecule has 1 aromatic carbocycles. The summed E-state index contributed by atoms with van der Waals surface area (Å²) in [7, 11) is 3.09. The molecule has 3 N–H and O–H groups in total. The van der Waals surface area contributed by atoms with Gasteiger partial charge in [-0.05, 0) is 31.0 Å². The maximum absolute atomic E-state index is 11.1. The summed E-state index contributed by atoms with van der Waals surface area (Å²) in [6.45, 7) is 4.90. The molecule has 7 heteroatoms. The molecule has 1 rings (SSSR count). The number of amides is 1. The molecule has 0 spiro atoms. The smallest absolute Gasteiger partial charge is 0.411 e. The van der Waals surface area contributed by atoms with E-state index in [-0.39, 0.29) is 24.0 Å². The number of hydrogen-bond donors (Lipinski definition) is 3. The number of ether oxygens (including phenoxy) is 1. The van der Waals surface area contributed by atoms with Crippen LogP contribution in [0.5, 0.6) is 0 Å². The van der Waals surface area contributed by atoms with E-state index in [0.717, 1.165) is 17.9 Å². The van der Waals surface area contributed by atoms with Gasteiger partial charge < -0.3 is 15.4 Å². The molecule has 1 aromatic rings. The summed E-state index contributed by atoms with van der Waals surface area (Å²) < 4.78 is 4.54. The number of carbonyl (C=O) groups excluding carboxylic acids is 1. The van der Waals surface area contributed by atoms with Crippen LogP contribution in [0.2, 0.25) is 0 Å². The van der Waals surface area contributed by atoms with Gasteiger partial charge in [-0.15, -0.1) is 24.0 Å². The van der Waals surface area contributed by atoms with Crippen LogP contribution >= 0.6 is 24.0 Å². The van der Waals surface area contributed by atoms with E-state index in [1.54, 1.807) is 7.05 Å². The first-order valence-corrected chi connectivity index (χ1v) is 7.00. The van der Waals surface area contributed by atoms with Crippen molar-refractivity contribution in [2.24, 2.45) is 4.99 Å². The van der Waals surface area contributed by atoms with Gasteiger partial charge in [0.25, 0.3) is 0 Å². The van der Waals surface area contributed by atoms with Gasteiger partial charge in [-0.1, -0.05) is 19.1 Å². The quantitative estimate of drug-likeness (QED) is 0.389. The molecule has 0 heterocycles. The number of nitrogens with zero attached hydrogens (tertiary/aromatic N) is 1. The van der Waals surface area contributed by atoms with Crippen LogP contribution in [0.15, 0.2) is 29.3 Å². The third kappa shape index (κ3) is 7.48. The van der Waals surface area contributed by atoms with Gasteiger partial charge >= 0.3 is 6.09 Å². The van der Waals surface area contributed by atoms with Crippen molar-refractivity contribution in [2.75, 3.05) is 19.5 Å². The Morgan fingerprint density at radius 3 is 2.45 bits per heavy atom. The number of methoxy groups -OCH3 is 1. The topological polar surface area (TPSA) is 74.8 Å². The Hall–Kier alpha value is -1.51. The van der Waals surface area contributed by atoms with E-state index in [2.05, 4.69) is 39.5 Å². The minimum atomic E-state index is -0.473. The molecule has 1 unspecified atom stereocenters. The van der Waals surface area contributed by atoms with Crippen molar-refractivity contribution in [1.29, 1.82) is 0 Å². The van der Waals surface area contributed by atoms with Gasteiger partial charge in [-0.2, -0.15) is 0 Å². The minimum Gasteiger partial charge on any atom is -0.453 e. The van der Waals surface area contributed by atoms with Gasteiger partial charge in [0.1, 0.15) is 0 Å². The number of anilines is 1. The molecule has 0 aromatic heterocycles. The Labute approximate surface area is 149 Å². The van der Waals surface area contributed by atoms with Crippen LogP contribution in [0.3, 0.4) is 0 Å². The van der Waals surface area contributed by atoms with E-state index >= 15 is 0 Å². The fourth-order valence-corrected chi connectivity index (χ4v) is 1.59. The second-order valence-corrected chi connectivity index (χ2v) is 4.69. The van der Waals surface area contributed by atoms with Crippen LogP contribution < -0.4 is 16.0 Å². The maximum Gasteiger partial charge on any atom is 0.411 e. The van der Waals surface area contributed by atoms with Crippen molar-refractivity contribution in [2.45, 2.75) is 32.9 Å². The van der Waals surface area contributed by atoms with Crippen molar-refractivity contribution < 1.29 is 9.53 Å². The summed E-state index contributed by atoms with van der Waals surface area (Å²) >= 11 is 0. The molecule has 0 aliphatic heterocycles. The predicted octanol–water partition coefficient (Wildman–Crippen LogP) is 2.95. The van der Waals surface area contributed by atoms with E-state index in [4.69, 9.17) is 0 Å². The number of halogens is 1. The first-order valence-electron chi connectivity index (χ1n) is 7.00. The van der Waals surface area contributed by atoms with Crippen LogP contribution in [0.1, 0.15) is 25.8 Å². The van der Waals surface area contributed by atoms with Gasteiger partial charge in [0, 0.05) is 25.3 Å². The SMILES string of the molecule is CCC(C)NC(=NC)NCc1ccc(NC(=O)OC)cc1.I. The lowest BCUT2D eigenvalue weighted by Gasteiger charge is -2.16. The first-order chi connectivity index (χ1) is 10.1. The number of benzene rings is 1. The van der Waals surface area contributed by atoms with Gasteiger partial charge in [0.2, 0.25) is 0 Å². The molecule has 1 atom stereocenters. The average molecular weight is 420 g/mol. The maximum atomic E-state index is 11.1. The molecule has 22 heavy (non-hydrogen) atoms. The summed E-state index contributed by atoms with van der Waals surface area (Å²) in [6, 6.07) is 7.92. The van der Waals surface area contributed by atoms with Gasteiger partial charge in [-0.25, -0.2) is 4.79 Å². The summed E-state index contributed by atoms with van der Waals surface area (Å²) in [6.07, 6.45) is 0.563. The fraction of sp³-hybridized carbons (Fsp3) is 0.467. The highest BCUT2D eigenvalue weighted by Crippen LogP contribution is 2.09. The van der Waals surface area contributed by atoms with Crippen molar-refractivity contribution in [3.05, 3.63) is 29.8 Å². The molecular formula is C15H25IN4O2. The van der Waals surface area contributed by atoms with E-state index in [1.807, 2.05) is 24.3 Å². The highest BCUT2D eigenvalue weighted by molar-refractivity contribution is 14.0. The third-order valence-electron chi connectivity index (χ3n) is 3.06. The summed E-state index contributed by atoms with van der Waals surface area (Å²) in [5.74, 6) is 0.779. The highest BCUT2D eigenvalue weighted by atomic mass is 127. The second-order valence-electron chi connectivity index (χ2n) is 4.69. The molecular weight excluding hydrogens is 395 g/mol. The molecule has 0 saturated carbocycles. The lowest BCUT2D eigenvalue weighted by Crippen LogP contribution is -2.41. The Morgan fingerprint density at radius 2 is 1.95 bits per heavy atom. The lowest BCUT2D eigenvalue weighted by atomic mass is 10.2. The van der Waals surface area contributed by atoms with Crippen molar-refractivity contribution in [3.8, 4) is 0 Å². The van der Waals surface area contributed by atoms with Crippen molar-refractivity contribution >= 4 is 41.7 Å². The molecule has 0 bridgehead atoms. The average Bonchev–Trinajstić information content (AvgIpc) is 2.52. The summed E-state index contributed by atoms with van der Waals surface area (Å²) in [5.41, 5.74) is 1.80. The Kier molecular flexibility index (Phi) is 10.3. The number of nitrogens with one attached hydrogen (secondary N) is 3. The van der Waals surface area contributed by atoms with Gasteiger partial charge in [0.15, 0.2) is 5.96 Å². The zero-order chi connectivity index (χ0) is 15.7. The number of aliphatic imine (C=N–C) groups is 1. The highest BCUT2D eigenvalue weighted by Gasteiger charge is 2.03. The Morgan fingerprint density at radius 1 is 1.32 bits per heavy atom. The van der Waals surface area contributed by atoms with Crippen molar-refractivity contribution in [1.82, 2.24) is 10.6 Å². The van der Waals surface area contributed by atoms with Crippen LogP contribution in [-0.2, 0) is 11.3 Å². The predicted molar refractivity (Wildman–Crippen MR) is 101 cm³/mol. The molecule has 0 aliphatic rings. The fourth-order valence-electron chi connectivity index (χ4n) is 1.59. The lowest BCUT2D eigenvalue weighted by molar-refractivity contribution is 0.187. The van der Waals surface area contributed by atoms with E-state index in [9.17, 15) is 4.79 Å². The number of carbonyl (C=O) groups is 1. The monoisotopic (exact) mass is 420 g/mol. The summed E-state index contributed by atoms with van der Waals surface area (Å²) in [4.78, 5) is 15.3. The van der Waals surface area contributed by atoms with E-state index in [1.165, 1.54) is 7.11 Å². The zero-order valence-electron chi connectivity index (χ0n) is 13.5. The van der Waals surface area contributed by atoms with Crippen LogP contribution in [0.25, 0.3) is 0 Å². The molecule has 124 valence electrons. The number of hydrogen-bond acceptors (Lipinski definition) is 3. The number of rotatable bonds is 5. The molecule has 6 nitrogen and oxygen atoms in total. The zero-order valence-corrected chi connectivity index (χ0v) is 15.8. The standard InChI is InChI=1S/C15H24N4O2.HI/c1-5-11(2)18-14(16-3)17-10-12-6-8-13(9-7-12)19-15(20)21-4;/h6-9,11H,5,10H2,1-4H3,(H,19,20)(H2,16,17,18);1H. The Balaban J connectivity index is 0.00000441. The first kappa shape index (κ1) is 20.5.